The predicted molar refractivity (Wildman–Crippen MR) is 109 cm³/mol. The average molecular weight is 372 g/mol. The molecule has 2 fully saturated rings. The summed E-state index contributed by atoms with van der Waals surface area (Å²) in [5.41, 5.74) is 3.92. The molecule has 0 bridgehead atoms. The van der Waals surface area contributed by atoms with Crippen LogP contribution in [0.25, 0.3) is 11.0 Å². The van der Waals surface area contributed by atoms with E-state index < -0.39 is 0 Å². The van der Waals surface area contributed by atoms with E-state index in [1.165, 1.54) is 25.7 Å². The van der Waals surface area contributed by atoms with Gasteiger partial charge < -0.3 is 14.8 Å². The number of pyridine rings is 1. The number of hydrogen-bond donors (Lipinski definition) is 1. The summed E-state index contributed by atoms with van der Waals surface area (Å²) in [5.74, 6) is 1.03. The summed E-state index contributed by atoms with van der Waals surface area (Å²) in [4.78, 5) is 11.9. The van der Waals surface area contributed by atoms with Gasteiger partial charge in [0, 0.05) is 24.8 Å². The molecule has 2 aromatic heterocycles. The van der Waals surface area contributed by atoms with Crippen LogP contribution in [-0.2, 0) is 6.54 Å². The number of imidazole rings is 1. The standard InChI is InChI=1S/C22H24N6/c23-13-17-7-8-18(24-14-17)15-28-20-6-2-1-5-19(20)26-21(28)27-12-4-10-22(16-27)9-3-11-25-22/h1-2,5-8,14,25H,3-4,9-12,15-16H2. The van der Waals surface area contributed by atoms with E-state index >= 15 is 0 Å². The van der Waals surface area contributed by atoms with E-state index in [1.807, 2.05) is 18.2 Å². The number of nitrogens with zero attached hydrogens (tertiary/aromatic N) is 5. The zero-order valence-corrected chi connectivity index (χ0v) is 15.9. The fourth-order valence-corrected chi connectivity index (χ4v) is 4.73. The minimum absolute atomic E-state index is 0.244. The molecule has 2 aliphatic heterocycles. The lowest BCUT2D eigenvalue weighted by Crippen LogP contribution is -2.54. The van der Waals surface area contributed by atoms with Crippen LogP contribution in [0.2, 0.25) is 0 Å². The first-order valence-corrected chi connectivity index (χ1v) is 10.1. The van der Waals surface area contributed by atoms with Crippen molar-refractivity contribution in [2.24, 2.45) is 0 Å². The molecule has 1 spiro atoms. The van der Waals surface area contributed by atoms with Crippen molar-refractivity contribution in [1.82, 2.24) is 19.9 Å². The van der Waals surface area contributed by atoms with Gasteiger partial charge in [0.25, 0.3) is 0 Å². The first kappa shape index (κ1) is 17.2. The molecule has 6 heteroatoms. The van der Waals surface area contributed by atoms with Gasteiger partial charge in [0.15, 0.2) is 0 Å². The maximum atomic E-state index is 9.02. The lowest BCUT2D eigenvalue weighted by molar-refractivity contribution is 0.305. The van der Waals surface area contributed by atoms with Crippen molar-refractivity contribution in [3.63, 3.8) is 0 Å². The second-order valence-corrected chi connectivity index (χ2v) is 7.97. The Kier molecular flexibility index (Phi) is 4.25. The van der Waals surface area contributed by atoms with E-state index in [0.29, 0.717) is 12.1 Å². The van der Waals surface area contributed by atoms with Crippen molar-refractivity contribution in [3.8, 4) is 6.07 Å². The normalized spacial score (nSPS) is 22.0. The molecular formula is C22H24N6. The lowest BCUT2D eigenvalue weighted by atomic mass is 9.88. The summed E-state index contributed by atoms with van der Waals surface area (Å²) in [6.45, 7) is 3.82. The van der Waals surface area contributed by atoms with Gasteiger partial charge in [-0.05, 0) is 56.5 Å². The van der Waals surface area contributed by atoms with E-state index in [4.69, 9.17) is 10.2 Å². The first-order valence-electron chi connectivity index (χ1n) is 10.1. The Morgan fingerprint density at radius 1 is 1.14 bits per heavy atom. The smallest absolute Gasteiger partial charge is 0.206 e. The van der Waals surface area contributed by atoms with Crippen molar-refractivity contribution in [2.75, 3.05) is 24.5 Å². The number of hydrogen-bond acceptors (Lipinski definition) is 5. The Morgan fingerprint density at radius 2 is 2.04 bits per heavy atom. The van der Waals surface area contributed by atoms with E-state index in [0.717, 1.165) is 42.3 Å². The van der Waals surface area contributed by atoms with Gasteiger partial charge in [0.05, 0.1) is 28.8 Å². The fraction of sp³-hybridized carbons (Fsp3) is 0.409. The highest BCUT2D eigenvalue weighted by Crippen LogP contribution is 2.33. The van der Waals surface area contributed by atoms with Gasteiger partial charge >= 0.3 is 0 Å². The number of anilines is 1. The van der Waals surface area contributed by atoms with Gasteiger partial charge in [0.2, 0.25) is 5.95 Å². The topological polar surface area (TPSA) is 69.8 Å². The van der Waals surface area contributed by atoms with Crippen LogP contribution in [0.15, 0.2) is 42.6 Å². The van der Waals surface area contributed by atoms with Crippen molar-refractivity contribution in [2.45, 2.75) is 37.8 Å². The molecule has 0 radical (unpaired) electrons. The zero-order valence-electron chi connectivity index (χ0n) is 15.9. The van der Waals surface area contributed by atoms with Crippen LogP contribution in [0, 0.1) is 11.3 Å². The molecule has 2 aliphatic rings. The zero-order chi connectivity index (χ0) is 19.0. The van der Waals surface area contributed by atoms with Crippen LogP contribution < -0.4 is 10.2 Å². The number of aromatic nitrogens is 3. The number of benzene rings is 1. The molecule has 3 aromatic rings. The third kappa shape index (κ3) is 3.02. The molecule has 0 aliphatic carbocycles. The van der Waals surface area contributed by atoms with E-state index in [1.54, 1.807) is 6.20 Å². The maximum Gasteiger partial charge on any atom is 0.206 e. The summed E-state index contributed by atoms with van der Waals surface area (Å²) in [6.07, 6.45) is 6.60. The van der Waals surface area contributed by atoms with Crippen molar-refractivity contribution in [1.29, 1.82) is 5.26 Å². The van der Waals surface area contributed by atoms with Crippen LogP contribution in [0.3, 0.4) is 0 Å². The first-order chi connectivity index (χ1) is 13.8. The Morgan fingerprint density at radius 3 is 2.82 bits per heavy atom. The van der Waals surface area contributed by atoms with Gasteiger partial charge in [-0.15, -0.1) is 0 Å². The molecule has 1 unspecified atom stereocenters. The molecule has 1 N–H and O–H groups in total. The van der Waals surface area contributed by atoms with Crippen molar-refractivity contribution in [3.05, 3.63) is 53.9 Å². The highest BCUT2D eigenvalue weighted by atomic mass is 15.3. The number of para-hydroxylation sites is 2. The van der Waals surface area contributed by atoms with Crippen LogP contribution in [-0.4, -0.2) is 39.7 Å². The molecule has 142 valence electrons. The molecule has 1 atom stereocenters. The molecule has 6 nitrogen and oxygen atoms in total. The van der Waals surface area contributed by atoms with Gasteiger partial charge in [-0.1, -0.05) is 12.1 Å². The third-order valence-corrected chi connectivity index (χ3v) is 6.10. The minimum atomic E-state index is 0.244. The largest absolute Gasteiger partial charge is 0.340 e. The van der Waals surface area contributed by atoms with Crippen LogP contribution in [0.1, 0.15) is 36.9 Å². The summed E-state index contributed by atoms with van der Waals surface area (Å²) in [5, 5.41) is 12.8. The summed E-state index contributed by atoms with van der Waals surface area (Å²) in [7, 11) is 0. The van der Waals surface area contributed by atoms with Crippen molar-refractivity contribution < 1.29 is 0 Å². The molecule has 28 heavy (non-hydrogen) atoms. The van der Waals surface area contributed by atoms with Gasteiger partial charge in [-0.2, -0.15) is 5.26 Å². The van der Waals surface area contributed by atoms with E-state index in [2.05, 4.69) is 44.0 Å². The number of nitrogens with one attached hydrogen (secondary N) is 1. The summed E-state index contributed by atoms with van der Waals surface area (Å²) in [6, 6.07) is 14.2. The SMILES string of the molecule is N#Cc1ccc(Cn2c(N3CCCC4(CCCN4)C3)nc3ccccc32)nc1. The average Bonchev–Trinajstić information content (AvgIpc) is 3.34. The van der Waals surface area contributed by atoms with Gasteiger partial charge in [-0.3, -0.25) is 4.98 Å². The Labute approximate surface area is 164 Å². The third-order valence-electron chi connectivity index (χ3n) is 6.10. The monoisotopic (exact) mass is 372 g/mol. The Balaban J connectivity index is 1.53. The van der Waals surface area contributed by atoms with Crippen LogP contribution >= 0.6 is 0 Å². The molecule has 4 heterocycles. The summed E-state index contributed by atoms with van der Waals surface area (Å²) < 4.78 is 2.28. The second-order valence-electron chi connectivity index (χ2n) is 7.97. The van der Waals surface area contributed by atoms with Gasteiger partial charge in [0.1, 0.15) is 6.07 Å². The minimum Gasteiger partial charge on any atom is -0.340 e. The number of rotatable bonds is 3. The van der Waals surface area contributed by atoms with E-state index in [-0.39, 0.29) is 5.54 Å². The summed E-state index contributed by atoms with van der Waals surface area (Å²) >= 11 is 0. The fourth-order valence-electron chi connectivity index (χ4n) is 4.73. The quantitative estimate of drug-likeness (QED) is 0.765. The number of fused-ring (bicyclic) bond motifs is 1. The van der Waals surface area contributed by atoms with Crippen LogP contribution in [0.5, 0.6) is 0 Å². The predicted octanol–water partition coefficient (Wildman–Crippen LogP) is 3.07. The van der Waals surface area contributed by atoms with Crippen LogP contribution in [0.4, 0.5) is 5.95 Å². The van der Waals surface area contributed by atoms with E-state index in [9.17, 15) is 0 Å². The lowest BCUT2D eigenvalue weighted by Gasteiger charge is -2.41. The Hall–Kier alpha value is -2.91. The van der Waals surface area contributed by atoms with Crippen molar-refractivity contribution >= 4 is 17.0 Å². The Bertz CT molecular complexity index is 1020. The molecule has 2 saturated heterocycles. The highest BCUT2D eigenvalue weighted by Gasteiger charge is 2.38. The molecule has 0 saturated carbocycles. The maximum absolute atomic E-state index is 9.02. The molecule has 1 aromatic carbocycles. The number of piperidine rings is 1. The number of nitriles is 1. The second kappa shape index (κ2) is 6.92. The molecular weight excluding hydrogens is 348 g/mol. The molecule has 5 rings (SSSR count). The highest BCUT2D eigenvalue weighted by molar-refractivity contribution is 5.79. The van der Waals surface area contributed by atoms with Gasteiger partial charge in [-0.25, -0.2) is 4.98 Å². The molecule has 0 amide bonds.